The molecule has 0 atom stereocenters. The van der Waals surface area contributed by atoms with Crippen molar-refractivity contribution in [2.24, 2.45) is 0 Å². The molecule has 0 fully saturated rings. The zero-order chi connectivity index (χ0) is 37.5. The summed E-state index contributed by atoms with van der Waals surface area (Å²) in [6, 6.07) is 0. The van der Waals surface area contributed by atoms with Gasteiger partial charge in [-0.05, 0) is 51.4 Å². The van der Waals surface area contributed by atoms with Crippen LogP contribution >= 0.6 is 0 Å². The predicted molar refractivity (Wildman–Crippen MR) is 231 cm³/mol. The maximum atomic E-state index is 2.41. The second-order valence-electron chi connectivity index (χ2n) is 17.2. The first-order valence-electron chi connectivity index (χ1n) is 24.4. The summed E-state index contributed by atoms with van der Waals surface area (Å²) >= 11 is 0. The topological polar surface area (TPSA) is 17.6 Å². The minimum absolute atomic E-state index is 1.17. The average molecular weight is 739 g/mol. The normalized spacial score (nSPS) is 11.7. The molecule has 0 aliphatic carbocycles. The summed E-state index contributed by atoms with van der Waals surface area (Å²) in [5.74, 6) is 0. The highest BCUT2D eigenvalue weighted by Crippen LogP contribution is 2.15. The van der Waals surface area contributed by atoms with E-state index in [0.29, 0.717) is 0 Å². The Hall–Kier alpha value is -1.58. The van der Waals surface area contributed by atoms with Gasteiger partial charge in [-0.3, -0.25) is 0 Å². The Bertz CT molecular complexity index is 914. The van der Waals surface area contributed by atoms with Gasteiger partial charge in [0.1, 0.15) is 24.8 Å². The smallest absolute Gasteiger partial charge is 0.237 e. The molecule has 0 aliphatic rings. The van der Waals surface area contributed by atoms with Gasteiger partial charge in [0.05, 0.1) is 26.2 Å². The van der Waals surface area contributed by atoms with Crippen LogP contribution in [0.4, 0.5) is 0 Å². The molecule has 0 N–H and O–H groups in total. The van der Waals surface area contributed by atoms with Crippen LogP contribution in [0.3, 0.4) is 0 Å². The fourth-order valence-corrected chi connectivity index (χ4v) is 8.21. The van der Waals surface area contributed by atoms with E-state index in [2.05, 4.69) is 69.6 Å². The van der Waals surface area contributed by atoms with Gasteiger partial charge in [0, 0.05) is 0 Å². The van der Waals surface area contributed by atoms with Crippen molar-refractivity contribution in [3.05, 3.63) is 37.4 Å². The molecule has 4 heteroatoms. The molecule has 0 amide bonds. The van der Waals surface area contributed by atoms with E-state index in [1.54, 1.807) is 0 Å². The second kappa shape index (κ2) is 37.3. The van der Waals surface area contributed by atoms with E-state index >= 15 is 0 Å². The zero-order valence-corrected chi connectivity index (χ0v) is 36.2. The summed E-state index contributed by atoms with van der Waals surface area (Å²) in [5, 5.41) is 0. The van der Waals surface area contributed by atoms with E-state index in [9.17, 15) is 0 Å². The molecule has 0 aromatic carbocycles. The lowest BCUT2D eigenvalue weighted by Gasteiger charge is -2.03. The molecule has 2 rings (SSSR count). The van der Waals surface area contributed by atoms with Crippen LogP contribution in [0.2, 0.25) is 0 Å². The van der Waals surface area contributed by atoms with E-state index in [1.165, 1.54) is 264 Å². The maximum Gasteiger partial charge on any atom is 0.243 e. The standard InChI is InChI=1S/C49H94N4/c1-3-5-7-9-11-13-15-17-19-21-23-25-27-29-32-36-40-50-44-46-52(48-50)42-38-34-31-35-39-43-53-47-45-51(49-53)41-37-33-30-28-26-24-22-20-18-16-14-12-10-8-6-4-2/h44-49H,3-43H2,1-2H3/q+2. The molecule has 2 aromatic rings. The summed E-state index contributed by atoms with van der Waals surface area (Å²) in [6.45, 7) is 9.32. The van der Waals surface area contributed by atoms with Crippen molar-refractivity contribution in [1.29, 1.82) is 0 Å². The summed E-state index contributed by atoms with van der Waals surface area (Å²) < 4.78 is 9.64. The van der Waals surface area contributed by atoms with Gasteiger partial charge in [0.25, 0.3) is 0 Å². The third-order valence-electron chi connectivity index (χ3n) is 11.9. The maximum absolute atomic E-state index is 2.41. The largest absolute Gasteiger partial charge is 0.243 e. The number of rotatable bonds is 42. The number of aromatic nitrogens is 4. The van der Waals surface area contributed by atoms with Gasteiger partial charge < -0.3 is 0 Å². The van der Waals surface area contributed by atoms with Crippen LogP contribution in [0.15, 0.2) is 37.4 Å². The lowest BCUT2D eigenvalue weighted by molar-refractivity contribution is -0.697. The van der Waals surface area contributed by atoms with Gasteiger partial charge in [-0.1, -0.05) is 200 Å². The second-order valence-corrected chi connectivity index (χ2v) is 17.2. The number of aryl methyl sites for hydroxylation is 4. The molecule has 53 heavy (non-hydrogen) atoms. The first kappa shape index (κ1) is 47.6. The first-order chi connectivity index (χ1) is 26.3. The molecule has 0 aliphatic heterocycles. The molecule has 0 spiro atoms. The molecule has 308 valence electrons. The number of unbranched alkanes of at least 4 members (excludes halogenated alkanes) is 34. The van der Waals surface area contributed by atoms with Gasteiger partial charge in [-0.25, -0.2) is 18.3 Å². The lowest BCUT2D eigenvalue weighted by Crippen LogP contribution is -2.31. The van der Waals surface area contributed by atoms with Crippen molar-refractivity contribution in [2.75, 3.05) is 0 Å². The van der Waals surface area contributed by atoms with E-state index < -0.39 is 0 Å². The van der Waals surface area contributed by atoms with Crippen LogP contribution in [0.1, 0.15) is 251 Å². The molecule has 0 saturated heterocycles. The van der Waals surface area contributed by atoms with Gasteiger partial charge in [0.2, 0.25) is 12.7 Å². The fourth-order valence-electron chi connectivity index (χ4n) is 8.21. The van der Waals surface area contributed by atoms with Crippen molar-refractivity contribution in [3.8, 4) is 0 Å². The molecular weight excluding hydrogens is 645 g/mol. The van der Waals surface area contributed by atoms with Crippen molar-refractivity contribution >= 4 is 0 Å². The van der Waals surface area contributed by atoms with Crippen molar-refractivity contribution < 1.29 is 9.13 Å². The molecule has 0 saturated carbocycles. The molecular formula is C49H94N4+2. The van der Waals surface area contributed by atoms with Crippen molar-refractivity contribution in [3.63, 3.8) is 0 Å². The summed E-state index contributed by atoms with van der Waals surface area (Å²) in [4.78, 5) is 0. The van der Waals surface area contributed by atoms with E-state index in [1.807, 2.05) is 0 Å². The van der Waals surface area contributed by atoms with Crippen LogP contribution in [0, 0.1) is 0 Å². The van der Waals surface area contributed by atoms with E-state index in [0.717, 1.165) is 0 Å². The molecule has 0 radical (unpaired) electrons. The third-order valence-corrected chi connectivity index (χ3v) is 11.9. The fraction of sp³-hybridized carbons (Fsp3) is 0.878. The zero-order valence-electron chi connectivity index (χ0n) is 36.2. The molecule has 2 heterocycles. The minimum atomic E-state index is 1.17. The highest BCUT2D eigenvalue weighted by molar-refractivity contribution is 4.67. The molecule has 0 unspecified atom stereocenters. The van der Waals surface area contributed by atoms with Gasteiger partial charge >= 0.3 is 0 Å². The quantitative estimate of drug-likeness (QED) is 0.0477. The number of nitrogens with zero attached hydrogens (tertiary/aromatic N) is 4. The van der Waals surface area contributed by atoms with Gasteiger partial charge in [0.15, 0.2) is 0 Å². The summed E-state index contributed by atoms with van der Waals surface area (Å²) in [7, 11) is 0. The van der Waals surface area contributed by atoms with Gasteiger partial charge in [-0.15, -0.1) is 0 Å². The lowest BCUT2D eigenvalue weighted by atomic mass is 10.0. The number of hydrogen-bond acceptors (Lipinski definition) is 0. The number of hydrogen-bond donors (Lipinski definition) is 0. The van der Waals surface area contributed by atoms with Crippen LogP contribution in [0.5, 0.6) is 0 Å². The Labute approximate surface area is 332 Å². The van der Waals surface area contributed by atoms with E-state index in [-0.39, 0.29) is 0 Å². The first-order valence-corrected chi connectivity index (χ1v) is 24.4. The van der Waals surface area contributed by atoms with Crippen LogP contribution < -0.4 is 9.13 Å². The summed E-state index contributed by atoms with van der Waals surface area (Å²) in [6.07, 6.45) is 66.5. The molecule has 2 aromatic heterocycles. The minimum Gasteiger partial charge on any atom is -0.237 e. The Morgan fingerprint density at radius 1 is 0.283 bits per heavy atom. The Balaban J connectivity index is 1.30. The highest BCUT2D eigenvalue weighted by atomic mass is 15.1. The molecule has 4 nitrogen and oxygen atoms in total. The average Bonchev–Trinajstić information content (AvgIpc) is 3.83. The summed E-state index contributed by atoms with van der Waals surface area (Å²) in [5.41, 5.74) is 0. The van der Waals surface area contributed by atoms with Crippen LogP contribution in [-0.2, 0) is 26.2 Å². The number of imidazole rings is 2. The van der Waals surface area contributed by atoms with Crippen molar-refractivity contribution in [2.45, 2.75) is 278 Å². The SMILES string of the molecule is CCCCCCCCCCCCCCCCCCn1cc[n+](CCCCCCC[n+]2ccn(CCCCCCCCCCCCCCCCCC)c2)c1. The van der Waals surface area contributed by atoms with E-state index in [4.69, 9.17) is 0 Å². The Kier molecular flexibility index (Phi) is 33.5. The highest BCUT2D eigenvalue weighted by Gasteiger charge is 2.06. The Morgan fingerprint density at radius 2 is 0.509 bits per heavy atom. The predicted octanol–water partition coefficient (Wildman–Crippen LogP) is 15.0. The monoisotopic (exact) mass is 739 g/mol. The third kappa shape index (κ3) is 30.3. The van der Waals surface area contributed by atoms with Crippen LogP contribution in [-0.4, -0.2) is 9.13 Å². The Morgan fingerprint density at radius 3 is 0.774 bits per heavy atom. The van der Waals surface area contributed by atoms with Crippen LogP contribution in [0.25, 0.3) is 0 Å². The van der Waals surface area contributed by atoms with Crippen molar-refractivity contribution in [1.82, 2.24) is 9.13 Å². The van der Waals surface area contributed by atoms with Gasteiger partial charge in [-0.2, -0.15) is 0 Å². The molecule has 0 bridgehead atoms.